The first-order valence-electron chi connectivity index (χ1n) is 5.64. The van der Waals surface area contributed by atoms with Gasteiger partial charge >= 0.3 is 0 Å². The summed E-state index contributed by atoms with van der Waals surface area (Å²) >= 11 is 7.64. The molecule has 0 radical (unpaired) electrons. The first-order chi connectivity index (χ1) is 9.56. The van der Waals surface area contributed by atoms with Crippen LogP contribution in [0.15, 0.2) is 35.7 Å². The number of hydrogen-bond donors (Lipinski definition) is 0. The van der Waals surface area contributed by atoms with Crippen molar-refractivity contribution in [2.24, 2.45) is 0 Å². The fraction of sp³-hybridized carbons (Fsp3) is 0.0714. The topological polar surface area (TPSA) is 66.9 Å². The highest BCUT2D eigenvalue weighted by Gasteiger charge is 2.21. The normalized spacial score (nSPS) is 11.7. The number of thiophene rings is 1. The molecule has 4 nitrogen and oxygen atoms in total. The van der Waals surface area contributed by atoms with E-state index in [2.05, 4.69) is 0 Å². The molecule has 0 aliphatic heterocycles. The molecular formula is C14H9ClN2O2S. The molecule has 0 bridgehead atoms. The maximum absolute atomic E-state index is 11.1. The third-order valence-corrected chi connectivity index (χ3v) is 4.03. The smallest absolute Gasteiger partial charge is 0.258 e. The molecule has 2 rings (SSSR count). The van der Waals surface area contributed by atoms with Crippen molar-refractivity contribution < 1.29 is 4.92 Å². The van der Waals surface area contributed by atoms with Gasteiger partial charge in [0.15, 0.2) is 0 Å². The Hall–Kier alpha value is -2.16. The van der Waals surface area contributed by atoms with Crippen molar-refractivity contribution >= 4 is 39.2 Å². The van der Waals surface area contributed by atoms with Gasteiger partial charge in [-0.1, -0.05) is 29.8 Å². The van der Waals surface area contributed by atoms with E-state index in [1.807, 2.05) is 11.4 Å². The SMILES string of the molecule is Cc1cccc([N+](=O)[O-])c1C(Cl)=C(C#N)c1cccs1. The number of allylic oxidation sites excluding steroid dienone is 1. The summed E-state index contributed by atoms with van der Waals surface area (Å²) in [5.74, 6) is 0. The van der Waals surface area contributed by atoms with Gasteiger partial charge < -0.3 is 0 Å². The molecule has 0 amide bonds. The predicted octanol–water partition coefficient (Wildman–Crippen LogP) is 4.60. The highest BCUT2D eigenvalue weighted by Crippen LogP contribution is 2.37. The van der Waals surface area contributed by atoms with Gasteiger partial charge in [0.25, 0.3) is 5.69 Å². The molecule has 0 N–H and O–H groups in total. The average Bonchev–Trinajstić information content (AvgIpc) is 2.92. The molecule has 0 aliphatic rings. The van der Waals surface area contributed by atoms with Gasteiger partial charge in [0.05, 0.1) is 21.1 Å². The summed E-state index contributed by atoms with van der Waals surface area (Å²) in [5.41, 5.74) is 1.11. The van der Waals surface area contributed by atoms with E-state index in [1.165, 1.54) is 17.4 Å². The lowest BCUT2D eigenvalue weighted by atomic mass is 10.0. The molecule has 0 unspecified atom stereocenters. The number of nitro groups is 1. The summed E-state index contributed by atoms with van der Waals surface area (Å²) in [6.07, 6.45) is 0. The van der Waals surface area contributed by atoms with Crippen LogP contribution in [0.25, 0.3) is 10.6 Å². The van der Waals surface area contributed by atoms with E-state index in [0.29, 0.717) is 16.0 Å². The van der Waals surface area contributed by atoms with Crippen LogP contribution >= 0.6 is 22.9 Å². The molecule has 0 spiro atoms. The first-order valence-corrected chi connectivity index (χ1v) is 6.90. The molecule has 0 saturated heterocycles. The van der Waals surface area contributed by atoms with Gasteiger partial charge in [0.1, 0.15) is 6.07 Å². The van der Waals surface area contributed by atoms with Crippen molar-refractivity contribution in [1.29, 1.82) is 5.26 Å². The Balaban J connectivity index is 2.73. The third kappa shape index (κ3) is 2.57. The molecule has 1 heterocycles. The zero-order valence-corrected chi connectivity index (χ0v) is 12.0. The van der Waals surface area contributed by atoms with Gasteiger partial charge in [0.2, 0.25) is 0 Å². The number of nitriles is 1. The molecule has 0 atom stereocenters. The van der Waals surface area contributed by atoms with Crippen LogP contribution in [0.4, 0.5) is 5.69 Å². The van der Waals surface area contributed by atoms with E-state index in [1.54, 1.807) is 31.2 Å². The Morgan fingerprint density at radius 3 is 2.70 bits per heavy atom. The lowest BCUT2D eigenvalue weighted by Gasteiger charge is -2.07. The van der Waals surface area contributed by atoms with Crippen molar-refractivity contribution in [3.63, 3.8) is 0 Å². The quantitative estimate of drug-likeness (QED) is 0.473. The summed E-state index contributed by atoms with van der Waals surface area (Å²) < 4.78 is 0. The standard InChI is InChI=1S/C14H9ClN2O2S/c1-9-4-2-5-11(17(18)19)13(9)14(15)10(8-16)12-6-3-7-20-12/h2-7H,1H3. The number of nitrogens with zero attached hydrogens (tertiary/aromatic N) is 2. The molecule has 0 saturated carbocycles. The van der Waals surface area contributed by atoms with Crippen LogP contribution in [0, 0.1) is 28.4 Å². The van der Waals surface area contributed by atoms with E-state index < -0.39 is 4.92 Å². The van der Waals surface area contributed by atoms with Gasteiger partial charge in [-0.05, 0) is 23.9 Å². The Morgan fingerprint density at radius 1 is 1.40 bits per heavy atom. The second-order valence-corrected chi connectivity index (χ2v) is 5.33. The van der Waals surface area contributed by atoms with Crippen molar-refractivity contribution in [3.8, 4) is 6.07 Å². The largest absolute Gasteiger partial charge is 0.278 e. The second-order valence-electron chi connectivity index (χ2n) is 4.00. The minimum Gasteiger partial charge on any atom is -0.258 e. The Kier molecular flexibility index (Phi) is 4.18. The molecule has 20 heavy (non-hydrogen) atoms. The summed E-state index contributed by atoms with van der Waals surface area (Å²) in [4.78, 5) is 11.3. The van der Waals surface area contributed by atoms with Crippen molar-refractivity contribution in [3.05, 3.63) is 61.8 Å². The fourth-order valence-electron chi connectivity index (χ4n) is 1.85. The third-order valence-electron chi connectivity index (χ3n) is 2.77. The number of rotatable bonds is 3. The maximum atomic E-state index is 11.1. The molecule has 100 valence electrons. The second kappa shape index (κ2) is 5.87. The van der Waals surface area contributed by atoms with Crippen LogP contribution in [0.1, 0.15) is 16.0 Å². The summed E-state index contributed by atoms with van der Waals surface area (Å²) in [6.45, 7) is 1.73. The summed E-state index contributed by atoms with van der Waals surface area (Å²) in [5, 5.41) is 22.3. The van der Waals surface area contributed by atoms with E-state index >= 15 is 0 Å². The average molecular weight is 305 g/mol. The summed E-state index contributed by atoms with van der Waals surface area (Å²) in [7, 11) is 0. The Morgan fingerprint density at radius 2 is 2.15 bits per heavy atom. The zero-order valence-electron chi connectivity index (χ0n) is 10.5. The summed E-state index contributed by atoms with van der Waals surface area (Å²) in [6, 6.07) is 10.3. The molecule has 0 fully saturated rings. The Bertz CT molecular complexity index is 730. The van der Waals surface area contributed by atoms with Crippen LogP contribution in [-0.4, -0.2) is 4.92 Å². The highest BCUT2D eigenvalue weighted by molar-refractivity contribution is 7.11. The fourth-order valence-corrected chi connectivity index (χ4v) is 3.02. The molecule has 1 aromatic carbocycles. The monoisotopic (exact) mass is 304 g/mol. The van der Waals surface area contributed by atoms with Crippen LogP contribution < -0.4 is 0 Å². The van der Waals surface area contributed by atoms with E-state index in [0.717, 1.165) is 0 Å². The number of halogens is 1. The number of aryl methyl sites for hydroxylation is 1. The number of nitro benzene ring substituents is 1. The van der Waals surface area contributed by atoms with Gasteiger partial charge in [-0.25, -0.2) is 0 Å². The van der Waals surface area contributed by atoms with Crippen molar-refractivity contribution in [2.45, 2.75) is 6.92 Å². The lowest BCUT2D eigenvalue weighted by molar-refractivity contribution is -0.385. The van der Waals surface area contributed by atoms with E-state index in [-0.39, 0.29) is 16.3 Å². The van der Waals surface area contributed by atoms with E-state index in [4.69, 9.17) is 11.6 Å². The maximum Gasteiger partial charge on any atom is 0.278 e. The number of hydrogen-bond acceptors (Lipinski definition) is 4. The predicted molar refractivity (Wildman–Crippen MR) is 80.4 cm³/mol. The Labute approximate surface area is 124 Å². The van der Waals surface area contributed by atoms with Gasteiger partial charge in [-0.3, -0.25) is 10.1 Å². The van der Waals surface area contributed by atoms with Gasteiger partial charge in [-0.2, -0.15) is 5.26 Å². The van der Waals surface area contributed by atoms with Crippen LogP contribution in [0.5, 0.6) is 0 Å². The van der Waals surface area contributed by atoms with Crippen LogP contribution in [0.3, 0.4) is 0 Å². The zero-order chi connectivity index (χ0) is 14.7. The lowest BCUT2D eigenvalue weighted by Crippen LogP contribution is -1.96. The van der Waals surface area contributed by atoms with Crippen molar-refractivity contribution in [2.75, 3.05) is 0 Å². The van der Waals surface area contributed by atoms with E-state index in [9.17, 15) is 15.4 Å². The molecular weight excluding hydrogens is 296 g/mol. The first kappa shape index (κ1) is 14.3. The van der Waals surface area contributed by atoms with Gasteiger partial charge in [0, 0.05) is 10.9 Å². The van der Waals surface area contributed by atoms with Crippen LogP contribution in [-0.2, 0) is 0 Å². The minimum absolute atomic E-state index is 0.0979. The minimum atomic E-state index is -0.492. The van der Waals surface area contributed by atoms with Gasteiger partial charge in [-0.15, -0.1) is 11.3 Å². The molecule has 0 aliphatic carbocycles. The molecule has 2 aromatic rings. The molecule has 1 aromatic heterocycles. The highest BCUT2D eigenvalue weighted by atomic mass is 35.5. The van der Waals surface area contributed by atoms with Crippen LogP contribution in [0.2, 0.25) is 0 Å². The number of benzene rings is 1. The molecule has 6 heteroatoms. The van der Waals surface area contributed by atoms with Crippen molar-refractivity contribution in [1.82, 2.24) is 0 Å².